The van der Waals surface area contributed by atoms with E-state index >= 15 is 0 Å². The lowest BCUT2D eigenvalue weighted by Gasteiger charge is -2.30. The van der Waals surface area contributed by atoms with E-state index < -0.39 is 6.04 Å². The zero-order valence-electron chi connectivity index (χ0n) is 17.3. The summed E-state index contributed by atoms with van der Waals surface area (Å²) < 4.78 is 18.4. The smallest absolute Gasteiger partial charge is 0.242 e. The van der Waals surface area contributed by atoms with Gasteiger partial charge < -0.3 is 15.0 Å². The highest BCUT2D eigenvalue weighted by Gasteiger charge is 2.28. The Kier molecular flexibility index (Phi) is 8.65. The summed E-state index contributed by atoms with van der Waals surface area (Å²) in [6, 6.07) is 12.7. The Morgan fingerprint density at radius 1 is 1.03 bits per heavy atom. The van der Waals surface area contributed by atoms with Gasteiger partial charge in [0.1, 0.15) is 17.6 Å². The van der Waals surface area contributed by atoms with Gasteiger partial charge in [-0.3, -0.25) is 9.59 Å². The van der Waals surface area contributed by atoms with E-state index in [9.17, 15) is 14.0 Å². The molecule has 2 aromatic rings. The molecule has 0 aliphatic heterocycles. The van der Waals surface area contributed by atoms with Gasteiger partial charge in [-0.15, -0.1) is 0 Å². The molecule has 5 nitrogen and oxygen atoms in total. The van der Waals surface area contributed by atoms with E-state index in [2.05, 4.69) is 5.32 Å². The van der Waals surface area contributed by atoms with Crippen molar-refractivity contribution in [3.05, 3.63) is 65.5 Å². The van der Waals surface area contributed by atoms with Crippen LogP contribution in [-0.2, 0) is 22.6 Å². The van der Waals surface area contributed by atoms with Gasteiger partial charge in [0, 0.05) is 13.1 Å². The largest absolute Gasteiger partial charge is 0.497 e. The van der Waals surface area contributed by atoms with E-state index in [4.69, 9.17) is 4.74 Å². The number of ether oxygens (including phenoxy) is 1. The average Bonchev–Trinajstić information content (AvgIpc) is 2.74. The standard InChI is InChI=1S/C23H29FN2O3/c1-4-14-25-23(28)21(5-2)26(16-18-6-10-19(24)11-7-18)22(27)15-17-8-12-20(29-3)13-9-17/h6-13,21H,4-5,14-16H2,1-3H3,(H,25,28)/t21-/m1/s1. The molecule has 2 rings (SSSR count). The lowest BCUT2D eigenvalue weighted by atomic mass is 10.1. The van der Waals surface area contributed by atoms with E-state index in [-0.39, 0.29) is 30.6 Å². The summed E-state index contributed by atoms with van der Waals surface area (Å²) in [5, 5.41) is 2.88. The van der Waals surface area contributed by atoms with Gasteiger partial charge in [0.2, 0.25) is 11.8 Å². The molecule has 0 unspecified atom stereocenters. The molecule has 0 aromatic heterocycles. The van der Waals surface area contributed by atoms with Crippen molar-refractivity contribution in [1.29, 1.82) is 0 Å². The minimum absolute atomic E-state index is 0.155. The van der Waals surface area contributed by atoms with E-state index in [1.165, 1.54) is 12.1 Å². The number of nitrogens with one attached hydrogen (secondary N) is 1. The highest BCUT2D eigenvalue weighted by atomic mass is 19.1. The third kappa shape index (κ3) is 6.59. The number of halogens is 1. The second kappa shape index (κ2) is 11.2. The van der Waals surface area contributed by atoms with Crippen LogP contribution >= 0.6 is 0 Å². The van der Waals surface area contributed by atoms with Gasteiger partial charge >= 0.3 is 0 Å². The molecule has 1 atom stereocenters. The number of benzene rings is 2. The van der Waals surface area contributed by atoms with Crippen LogP contribution in [0, 0.1) is 5.82 Å². The van der Waals surface area contributed by atoms with Crippen molar-refractivity contribution in [3.8, 4) is 5.75 Å². The second-order valence-electron chi connectivity index (χ2n) is 6.89. The van der Waals surface area contributed by atoms with Gasteiger partial charge in [-0.05, 0) is 48.2 Å². The zero-order valence-corrected chi connectivity index (χ0v) is 17.3. The number of rotatable bonds is 10. The minimum atomic E-state index is -0.586. The van der Waals surface area contributed by atoms with Crippen LogP contribution in [0.4, 0.5) is 4.39 Å². The molecule has 0 fully saturated rings. The topological polar surface area (TPSA) is 58.6 Å². The third-order valence-corrected chi connectivity index (χ3v) is 4.72. The molecule has 29 heavy (non-hydrogen) atoms. The number of carbonyl (C=O) groups is 2. The van der Waals surface area contributed by atoms with Crippen LogP contribution in [0.15, 0.2) is 48.5 Å². The van der Waals surface area contributed by atoms with Gasteiger partial charge in [0.05, 0.1) is 13.5 Å². The van der Waals surface area contributed by atoms with E-state index in [0.29, 0.717) is 13.0 Å². The quantitative estimate of drug-likeness (QED) is 0.661. The van der Waals surface area contributed by atoms with Gasteiger partial charge in [-0.25, -0.2) is 4.39 Å². The number of methoxy groups -OCH3 is 1. The molecule has 0 bridgehead atoms. The summed E-state index contributed by atoms with van der Waals surface area (Å²) in [7, 11) is 1.59. The summed E-state index contributed by atoms with van der Waals surface area (Å²) in [5.74, 6) is 0.0601. The van der Waals surface area contributed by atoms with E-state index in [1.807, 2.05) is 26.0 Å². The van der Waals surface area contributed by atoms with Crippen LogP contribution in [0.25, 0.3) is 0 Å². The number of amides is 2. The molecule has 0 saturated carbocycles. The summed E-state index contributed by atoms with van der Waals surface area (Å²) >= 11 is 0. The first kappa shape index (κ1) is 22.4. The van der Waals surface area contributed by atoms with Crippen LogP contribution < -0.4 is 10.1 Å². The van der Waals surface area contributed by atoms with Gasteiger partial charge in [-0.1, -0.05) is 38.1 Å². The molecule has 0 heterocycles. The summed E-state index contributed by atoms with van der Waals surface area (Å²) in [6.45, 7) is 4.67. The van der Waals surface area contributed by atoms with Crippen LogP contribution in [0.2, 0.25) is 0 Å². The molecule has 1 N–H and O–H groups in total. The lowest BCUT2D eigenvalue weighted by Crippen LogP contribution is -2.49. The summed E-state index contributed by atoms with van der Waals surface area (Å²) in [5.41, 5.74) is 1.61. The Bertz CT molecular complexity index is 791. The highest BCUT2D eigenvalue weighted by Crippen LogP contribution is 2.17. The van der Waals surface area contributed by atoms with Gasteiger partial charge in [0.15, 0.2) is 0 Å². The van der Waals surface area contributed by atoms with Crippen molar-refractivity contribution in [3.63, 3.8) is 0 Å². The Balaban J connectivity index is 2.23. The number of hydrogen-bond acceptors (Lipinski definition) is 3. The first-order chi connectivity index (χ1) is 14.0. The average molecular weight is 400 g/mol. The highest BCUT2D eigenvalue weighted by molar-refractivity contribution is 5.88. The normalized spacial score (nSPS) is 11.6. The first-order valence-electron chi connectivity index (χ1n) is 9.93. The maximum atomic E-state index is 13.3. The molecule has 6 heteroatoms. The zero-order chi connectivity index (χ0) is 21.2. The Labute approximate surface area is 171 Å². The van der Waals surface area contributed by atoms with Crippen LogP contribution in [0.3, 0.4) is 0 Å². The molecule has 156 valence electrons. The summed E-state index contributed by atoms with van der Waals surface area (Å²) in [6.07, 6.45) is 1.48. The van der Waals surface area contributed by atoms with Crippen molar-refractivity contribution in [2.75, 3.05) is 13.7 Å². The van der Waals surface area contributed by atoms with E-state index in [1.54, 1.807) is 36.3 Å². The number of hydrogen-bond donors (Lipinski definition) is 1. The molecule has 0 aliphatic rings. The van der Waals surface area contributed by atoms with Crippen LogP contribution in [0.1, 0.15) is 37.8 Å². The fourth-order valence-corrected chi connectivity index (χ4v) is 3.09. The third-order valence-electron chi connectivity index (χ3n) is 4.72. The van der Waals surface area contributed by atoms with Crippen LogP contribution in [-0.4, -0.2) is 36.4 Å². The number of nitrogens with zero attached hydrogens (tertiary/aromatic N) is 1. The maximum Gasteiger partial charge on any atom is 0.242 e. The molecule has 0 aliphatic carbocycles. The second-order valence-corrected chi connectivity index (χ2v) is 6.89. The maximum absolute atomic E-state index is 13.3. The fraction of sp³-hybridized carbons (Fsp3) is 0.391. The van der Waals surface area contributed by atoms with Crippen molar-refractivity contribution < 1.29 is 18.7 Å². The van der Waals surface area contributed by atoms with Crippen molar-refractivity contribution in [2.24, 2.45) is 0 Å². The molecule has 0 saturated heterocycles. The Morgan fingerprint density at radius 2 is 1.66 bits per heavy atom. The molecular weight excluding hydrogens is 371 g/mol. The van der Waals surface area contributed by atoms with Gasteiger partial charge in [-0.2, -0.15) is 0 Å². The molecule has 2 amide bonds. The molecule has 0 spiro atoms. The van der Waals surface area contributed by atoms with Crippen LogP contribution in [0.5, 0.6) is 5.75 Å². The van der Waals surface area contributed by atoms with Crippen molar-refractivity contribution in [1.82, 2.24) is 10.2 Å². The fourth-order valence-electron chi connectivity index (χ4n) is 3.09. The van der Waals surface area contributed by atoms with Gasteiger partial charge in [0.25, 0.3) is 0 Å². The predicted molar refractivity (Wildman–Crippen MR) is 111 cm³/mol. The number of carbonyl (C=O) groups excluding carboxylic acids is 2. The Hall–Kier alpha value is -2.89. The molecular formula is C23H29FN2O3. The minimum Gasteiger partial charge on any atom is -0.497 e. The molecule has 0 radical (unpaired) electrons. The van der Waals surface area contributed by atoms with Crippen molar-refractivity contribution in [2.45, 2.75) is 45.7 Å². The Morgan fingerprint density at radius 3 is 2.21 bits per heavy atom. The predicted octanol–water partition coefficient (Wildman–Crippen LogP) is 3.71. The SMILES string of the molecule is CCCNC(=O)[C@@H](CC)N(Cc1ccc(F)cc1)C(=O)Cc1ccc(OC)cc1. The molecule has 2 aromatic carbocycles. The van der Waals surface area contributed by atoms with E-state index in [0.717, 1.165) is 23.3 Å². The first-order valence-corrected chi connectivity index (χ1v) is 9.93. The monoisotopic (exact) mass is 400 g/mol. The van der Waals surface area contributed by atoms with Crippen molar-refractivity contribution >= 4 is 11.8 Å². The summed E-state index contributed by atoms with van der Waals surface area (Å²) in [4.78, 5) is 27.4. The lowest BCUT2D eigenvalue weighted by molar-refractivity contribution is -0.140.